The quantitative estimate of drug-likeness (QED) is 0.698. The summed E-state index contributed by atoms with van der Waals surface area (Å²) in [4.78, 5) is 15.4. The van der Waals surface area contributed by atoms with Crippen LogP contribution >= 0.6 is 0 Å². The van der Waals surface area contributed by atoms with Crippen molar-refractivity contribution in [3.8, 4) is 0 Å². The van der Waals surface area contributed by atoms with Gasteiger partial charge in [0, 0.05) is 12.5 Å². The van der Waals surface area contributed by atoms with Crippen molar-refractivity contribution >= 4 is 5.97 Å². The number of H-pyrrole nitrogens is 1. The molecular formula is C10H18N4O2. The lowest BCUT2D eigenvalue weighted by molar-refractivity contribution is 0.0512. The number of carbonyl (C=O) groups excluding carboxylic acids is 1. The number of nitrogens with one attached hydrogen (secondary N) is 2. The average molecular weight is 226 g/mol. The number of aromatic amines is 1. The van der Waals surface area contributed by atoms with Crippen molar-refractivity contribution in [3.05, 3.63) is 11.6 Å². The van der Waals surface area contributed by atoms with Crippen molar-refractivity contribution in [2.75, 3.05) is 19.7 Å². The van der Waals surface area contributed by atoms with E-state index in [1.165, 1.54) is 0 Å². The summed E-state index contributed by atoms with van der Waals surface area (Å²) >= 11 is 0. The minimum atomic E-state index is -0.486. The topological polar surface area (TPSA) is 79.9 Å². The molecule has 0 saturated heterocycles. The van der Waals surface area contributed by atoms with Crippen LogP contribution in [0.4, 0.5) is 0 Å². The molecule has 0 saturated carbocycles. The number of carbonyl (C=O) groups is 1. The number of likely N-dealkylation sites (N-methyl/N-ethyl adjacent to an activating group) is 1. The SMILES string of the molecule is CCNCC(C)c1nc(C(=O)OCC)n[nH]1. The van der Waals surface area contributed by atoms with Crippen LogP contribution < -0.4 is 5.32 Å². The lowest BCUT2D eigenvalue weighted by Crippen LogP contribution is -2.20. The van der Waals surface area contributed by atoms with Crippen LogP contribution in [0.2, 0.25) is 0 Å². The molecule has 90 valence electrons. The van der Waals surface area contributed by atoms with E-state index in [-0.39, 0.29) is 11.7 Å². The molecule has 1 heterocycles. The predicted molar refractivity (Wildman–Crippen MR) is 59.3 cm³/mol. The predicted octanol–water partition coefficient (Wildman–Crippen LogP) is 0.694. The summed E-state index contributed by atoms with van der Waals surface area (Å²) in [5.41, 5.74) is 0. The molecule has 0 aliphatic rings. The molecule has 1 aromatic heterocycles. The highest BCUT2D eigenvalue weighted by Gasteiger charge is 2.16. The average Bonchev–Trinajstić information content (AvgIpc) is 2.75. The van der Waals surface area contributed by atoms with Gasteiger partial charge in [0.05, 0.1) is 6.61 Å². The third-order valence-corrected chi connectivity index (χ3v) is 2.13. The normalized spacial score (nSPS) is 12.4. The van der Waals surface area contributed by atoms with Crippen molar-refractivity contribution in [1.29, 1.82) is 0 Å². The summed E-state index contributed by atoms with van der Waals surface area (Å²) in [6, 6.07) is 0. The highest BCUT2D eigenvalue weighted by Crippen LogP contribution is 2.08. The number of esters is 1. The van der Waals surface area contributed by atoms with Crippen LogP contribution in [0.15, 0.2) is 0 Å². The van der Waals surface area contributed by atoms with Crippen LogP contribution in [-0.4, -0.2) is 40.8 Å². The van der Waals surface area contributed by atoms with E-state index in [9.17, 15) is 4.79 Å². The van der Waals surface area contributed by atoms with Gasteiger partial charge in [-0.3, -0.25) is 5.10 Å². The van der Waals surface area contributed by atoms with Crippen molar-refractivity contribution in [3.63, 3.8) is 0 Å². The summed E-state index contributed by atoms with van der Waals surface area (Å²) in [5, 5.41) is 9.78. The lowest BCUT2D eigenvalue weighted by atomic mass is 10.2. The molecule has 6 nitrogen and oxygen atoms in total. The maximum Gasteiger partial charge on any atom is 0.378 e. The van der Waals surface area contributed by atoms with E-state index in [4.69, 9.17) is 4.74 Å². The first-order chi connectivity index (χ1) is 7.69. The van der Waals surface area contributed by atoms with Gasteiger partial charge >= 0.3 is 5.97 Å². The first-order valence-corrected chi connectivity index (χ1v) is 5.49. The maximum absolute atomic E-state index is 11.3. The smallest absolute Gasteiger partial charge is 0.378 e. The number of nitrogens with zero attached hydrogens (tertiary/aromatic N) is 2. The van der Waals surface area contributed by atoms with E-state index in [1.54, 1.807) is 6.92 Å². The fourth-order valence-corrected chi connectivity index (χ4v) is 1.24. The molecular weight excluding hydrogens is 208 g/mol. The summed E-state index contributed by atoms with van der Waals surface area (Å²) < 4.78 is 4.80. The van der Waals surface area contributed by atoms with E-state index in [0.717, 1.165) is 13.1 Å². The minimum Gasteiger partial charge on any atom is -0.460 e. The first kappa shape index (κ1) is 12.6. The largest absolute Gasteiger partial charge is 0.460 e. The molecule has 1 rings (SSSR count). The van der Waals surface area contributed by atoms with E-state index < -0.39 is 5.97 Å². The van der Waals surface area contributed by atoms with Crippen LogP contribution in [0.1, 0.15) is 43.1 Å². The summed E-state index contributed by atoms with van der Waals surface area (Å²) in [5.74, 6) is 0.500. The summed E-state index contributed by atoms with van der Waals surface area (Å²) in [6.45, 7) is 7.83. The van der Waals surface area contributed by atoms with Gasteiger partial charge in [-0.15, -0.1) is 5.10 Å². The Morgan fingerprint density at radius 3 is 2.94 bits per heavy atom. The second-order valence-electron chi connectivity index (χ2n) is 3.47. The molecule has 16 heavy (non-hydrogen) atoms. The molecule has 1 atom stereocenters. The molecule has 0 aliphatic heterocycles. The Morgan fingerprint density at radius 2 is 2.31 bits per heavy atom. The Labute approximate surface area is 94.8 Å². The van der Waals surface area contributed by atoms with Crippen LogP contribution in [0.3, 0.4) is 0 Å². The molecule has 1 unspecified atom stereocenters. The third-order valence-electron chi connectivity index (χ3n) is 2.13. The van der Waals surface area contributed by atoms with Crippen LogP contribution in [0.5, 0.6) is 0 Å². The molecule has 2 N–H and O–H groups in total. The molecule has 1 aromatic rings. The van der Waals surface area contributed by atoms with Gasteiger partial charge in [-0.25, -0.2) is 9.78 Å². The highest BCUT2D eigenvalue weighted by atomic mass is 16.5. The molecule has 0 aromatic carbocycles. The Morgan fingerprint density at radius 1 is 1.56 bits per heavy atom. The van der Waals surface area contributed by atoms with Crippen molar-refractivity contribution in [2.45, 2.75) is 26.7 Å². The van der Waals surface area contributed by atoms with Gasteiger partial charge in [0.25, 0.3) is 5.82 Å². The van der Waals surface area contributed by atoms with E-state index in [1.807, 2.05) is 13.8 Å². The second-order valence-corrected chi connectivity index (χ2v) is 3.47. The number of hydrogen-bond acceptors (Lipinski definition) is 5. The van der Waals surface area contributed by atoms with Gasteiger partial charge in [0.15, 0.2) is 0 Å². The fraction of sp³-hybridized carbons (Fsp3) is 0.700. The zero-order valence-corrected chi connectivity index (χ0v) is 9.91. The lowest BCUT2D eigenvalue weighted by Gasteiger charge is -2.07. The van der Waals surface area contributed by atoms with Gasteiger partial charge in [-0.1, -0.05) is 13.8 Å². The molecule has 0 amide bonds. The molecule has 0 spiro atoms. The highest BCUT2D eigenvalue weighted by molar-refractivity contribution is 5.84. The van der Waals surface area contributed by atoms with Crippen molar-refractivity contribution < 1.29 is 9.53 Å². The Hall–Kier alpha value is -1.43. The van der Waals surface area contributed by atoms with Gasteiger partial charge in [0.2, 0.25) is 0 Å². The molecule has 6 heteroatoms. The summed E-state index contributed by atoms with van der Waals surface area (Å²) in [6.07, 6.45) is 0. The monoisotopic (exact) mass is 226 g/mol. The van der Waals surface area contributed by atoms with Gasteiger partial charge in [0.1, 0.15) is 5.82 Å². The number of hydrogen-bond donors (Lipinski definition) is 2. The van der Waals surface area contributed by atoms with Crippen LogP contribution in [0, 0.1) is 0 Å². The number of rotatable bonds is 6. The maximum atomic E-state index is 11.3. The minimum absolute atomic E-state index is 0.0974. The molecule has 0 radical (unpaired) electrons. The zero-order valence-electron chi connectivity index (χ0n) is 9.91. The standard InChI is InChI=1S/C10H18N4O2/c1-4-11-6-7(3)8-12-9(14-13-8)10(15)16-5-2/h7,11H,4-6H2,1-3H3,(H,12,13,14). The fourth-order valence-electron chi connectivity index (χ4n) is 1.24. The number of ether oxygens (including phenoxy) is 1. The van der Waals surface area contributed by atoms with Crippen molar-refractivity contribution in [1.82, 2.24) is 20.5 Å². The number of aromatic nitrogens is 3. The first-order valence-electron chi connectivity index (χ1n) is 5.49. The van der Waals surface area contributed by atoms with Gasteiger partial charge < -0.3 is 10.1 Å². The third kappa shape index (κ3) is 3.30. The Balaban J connectivity index is 2.59. The Bertz CT molecular complexity index is 337. The zero-order chi connectivity index (χ0) is 12.0. The van der Waals surface area contributed by atoms with Gasteiger partial charge in [-0.05, 0) is 13.5 Å². The second kappa shape index (κ2) is 6.22. The van der Waals surface area contributed by atoms with E-state index in [2.05, 4.69) is 20.5 Å². The Kier molecular flexibility index (Phi) is 4.91. The molecule has 0 aliphatic carbocycles. The van der Waals surface area contributed by atoms with E-state index in [0.29, 0.717) is 12.4 Å². The van der Waals surface area contributed by atoms with Crippen LogP contribution in [-0.2, 0) is 4.74 Å². The molecule has 0 bridgehead atoms. The summed E-state index contributed by atoms with van der Waals surface area (Å²) in [7, 11) is 0. The van der Waals surface area contributed by atoms with Crippen LogP contribution in [0.25, 0.3) is 0 Å². The van der Waals surface area contributed by atoms with Crippen molar-refractivity contribution in [2.24, 2.45) is 0 Å². The molecule has 0 fully saturated rings. The van der Waals surface area contributed by atoms with E-state index >= 15 is 0 Å². The van der Waals surface area contributed by atoms with Gasteiger partial charge in [-0.2, -0.15) is 0 Å².